The van der Waals surface area contributed by atoms with Crippen molar-refractivity contribution in [3.05, 3.63) is 83.7 Å². The lowest BCUT2D eigenvalue weighted by atomic mass is 10.1. The van der Waals surface area contributed by atoms with Gasteiger partial charge in [0.25, 0.3) is 0 Å². The van der Waals surface area contributed by atoms with Gasteiger partial charge in [-0.3, -0.25) is 9.69 Å². The number of rotatable bonds is 4. The van der Waals surface area contributed by atoms with E-state index in [0.29, 0.717) is 6.54 Å². The number of fused-ring (bicyclic) bond motifs is 1. The van der Waals surface area contributed by atoms with E-state index in [1.165, 1.54) is 17.8 Å². The van der Waals surface area contributed by atoms with Gasteiger partial charge in [0.1, 0.15) is 5.82 Å². The van der Waals surface area contributed by atoms with Crippen molar-refractivity contribution in [3.63, 3.8) is 0 Å². The van der Waals surface area contributed by atoms with E-state index in [-0.39, 0.29) is 23.8 Å². The topological polar surface area (TPSA) is 41.4 Å². The maximum Gasteiger partial charge on any atom is 0.240 e. The minimum absolute atomic E-state index is 0.0549. The molecule has 5 nitrogen and oxygen atoms in total. The summed E-state index contributed by atoms with van der Waals surface area (Å²) in [5.41, 5.74) is 4.38. The molecule has 1 amide bonds. The Bertz CT molecular complexity index is 1050. The number of halogens is 1. The van der Waals surface area contributed by atoms with E-state index in [1.807, 2.05) is 36.4 Å². The van der Waals surface area contributed by atoms with Gasteiger partial charge in [-0.15, -0.1) is 0 Å². The van der Waals surface area contributed by atoms with Crippen molar-refractivity contribution in [2.24, 2.45) is 0 Å². The zero-order chi connectivity index (χ0) is 20.7. The summed E-state index contributed by atoms with van der Waals surface area (Å²) in [4.78, 5) is 22.1. The summed E-state index contributed by atoms with van der Waals surface area (Å²) in [6, 6.07) is 16.5. The molecule has 2 aliphatic rings. The van der Waals surface area contributed by atoms with Crippen LogP contribution in [0.5, 0.6) is 0 Å². The first kappa shape index (κ1) is 19.0. The Hall–Kier alpha value is -2.99. The van der Waals surface area contributed by atoms with Gasteiger partial charge in [-0.2, -0.15) is 0 Å². The molecule has 3 aromatic rings. The predicted molar refractivity (Wildman–Crippen MR) is 113 cm³/mol. The van der Waals surface area contributed by atoms with Crippen LogP contribution in [0.1, 0.15) is 36.3 Å². The van der Waals surface area contributed by atoms with Gasteiger partial charge in [-0.1, -0.05) is 30.3 Å². The Kier molecular flexibility index (Phi) is 4.87. The van der Waals surface area contributed by atoms with Crippen molar-refractivity contribution in [1.29, 1.82) is 0 Å². The summed E-state index contributed by atoms with van der Waals surface area (Å²) in [6.07, 6.45) is 3.59. The highest BCUT2D eigenvalue weighted by Crippen LogP contribution is 2.31. The predicted octanol–water partition coefficient (Wildman–Crippen LogP) is 3.73. The van der Waals surface area contributed by atoms with Crippen LogP contribution in [-0.4, -0.2) is 44.4 Å². The molecule has 0 aliphatic carbocycles. The number of hydrogen-bond acceptors (Lipinski definition) is 3. The molecule has 6 heteroatoms. The molecule has 1 fully saturated rings. The number of nitrogens with zero attached hydrogens (tertiary/aromatic N) is 4. The molecule has 0 radical (unpaired) electrons. The molecule has 30 heavy (non-hydrogen) atoms. The van der Waals surface area contributed by atoms with Crippen LogP contribution >= 0.6 is 0 Å². The highest BCUT2D eigenvalue weighted by Gasteiger charge is 2.39. The first-order valence-electron chi connectivity index (χ1n) is 10.5. The molecular weight excluding hydrogens is 379 g/mol. The molecule has 0 saturated carbocycles. The van der Waals surface area contributed by atoms with E-state index in [0.717, 1.165) is 42.9 Å². The molecule has 0 N–H and O–H groups in total. The fourth-order valence-electron chi connectivity index (χ4n) is 4.74. The number of hydrogen-bond donors (Lipinski definition) is 0. The lowest BCUT2D eigenvalue weighted by molar-refractivity contribution is -0.134. The Morgan fingerprint density at radius 3 is 2.60 bits per heavy atom. The smallest absolute Gasteiger partial charge is 0.240 e. The van der Waals surface area contributed by atoms with E-state index >= 15 is 0 Å². The van der Waals surface area contributed by atoms with Crippen LogP contribution in [-0.2, 0) is 17.8 Å². The second kappa shape index (κ2) is 7.69. The third-order valence-corrected chi connectivity index (χ3v) is 6.45. The lowest BCUT2D eigenvalue weighted by Gasteiger charge is -2.32. The average molecular weight is 404 g/mol. The molecule has 2 unspecified atom stereocenters. The first-order chi connectivity index (χ1) is 14.6. The molecule has 0 spiro atoms. The molecule has 3 heterocycles. The number of para-hydroxylation sites is 1. The number of benzene rings is 2. The fourth-order valence-corrected chi connectivity index (χ4v) is 4.74. The zero-order valence-corrected chi connectivity index (χ0v) is 17.0. The second-order valence-electron chi connectivity index (χ2n) is 8.13. The second-order valence-corrected chi connectivity index (χ2v) is 8.13. The van der Waals surface area contributed by atoms with E-state index in [9.17, 15) is 9.18 Å². The summed E-state index contributed by atoms with van der Waals surface area (Å²) in [5.74, 6) is -0.0894. The van der Waals surface area contributed by atoms with Crippen molar-refractivity contribution in [3.8, 4) is 5.69 Å². The summed E-state index contributed by atoms with van der Waals surface area (Å²) >= 11 is 0. The Balaban J connectivity index is 1.30. The summed E-state index contributed by atoms with van der Waals surface area (Å²) in [6.45, 7) is 4.29. The molecular formula is C24H25FN4O. The highest BCUT2D eigenvalue weighted by atomic mass is 19.1. The van der Waals surface area contributed by atoms with Gasteiger partial charge < -0.3 is 9.47 Å². The standard InChI is InChI=1S/C24H25FN4O/c1-17(18-7-9-19(25)10-8-18)28-14-12-23(24(28)30)27-13-11-22-21(15-27)26-16-29(22)20-5-3-2-4-6-20/h2-10,16-17,23H,11-15H2,1H3. The zero-order valence-electron chi connectivity index (χ0n) is 17.0. The minimum atomic E-state index is -0.254. The van der Waals surface area contributed by atoms with Crippen molar-refractivity contribution in [2.45, 2.75) is 38.4 Å². The molecule has 5 rings (SSSR count). The van der Waals surface area contributed by atoms with Crippen LogP contribution in [0.2, 0.25) is 0 Å². The van der Waals surface area contributed by atoms with Crippen LogP contribution in [0.25, 0.3) is 5.69 Å². The summed E-state index contributed by atoms with van der Waals surface area (Å²) < 4.78 is 15.4. The first-order valence-corrected chi connectivity index (χ1v) is 10.5. The van der Waals surface area contributed by atoms with Crippen molar-refractivity contribution in [1.82, 2.24) is 19.4 Å². The molecule has 1 saturated heterocycles. The number of carbonyl (C=O) groups is 1. The monoisotopic (exact) mass is 404 g/mol. The summed E-state index contributed by atoms with van der Waals surface area (Å²) in [7, 11) is 0. The Morgan fingerprint density at radius 2 is 1.83 bits per heavy atom. The Morgan fingerprint density at radius 1 is 1.07 bits per heavy atom. The van der Waals surface area contributed by atoms with Gasteiger partial charge in [0.15, 0.2) is 0 Å². The van der Waals surface area contributed by atoms with Gasteiger partial charge in [0.05, 0.1) is 24.1 Å². The third kappa shape index (κ3) is 3.31. The van der Waals surface area contributed by atoms with Gasteiger partial charge in [0, 0.05) is 37.4 Å². The molecule has 154 valence electrons. The maximum atomic E-state index is 13.2. The quantitative estimate of drug-likeness (QED) is 0.665. The fraction of sp³-hybridized carbons (Fsp3) is 0.333. The number of amides is 1. The van der Waals surface area contributed by atoms with Crippen LogP contribution in [0, 0.1) is 5.82 Å². The highest BCUT2D eigenvalue weighted by molar-refractivity contribution is 5.84. The number of imidazole rings is 1. The van der Waals surface area contributed by atoms with Gasteiger partial charge in [-0.05, 0) is 43.2 Å². The van der Waals surface area contributed by atoms with Crippen molar-refractivity contribution < 1.29 is 9.18 Å². The normalized spacial score (nSPS) is 20.4. The molecule has 1 aromatic heterocycles. The van der Waals surface area contributed by atoms with Crippen LogP contribution in [0.4, 0.5) is 4.39 Å². The molecule has 2 aromatic carbocycles. The van der Waals surface area contributed by atoms with E-state index in [4.69, 9.17) is 0 Å². The van der Waals surface area contributed by atoms with Gasteiger partial charge in [0.2, 0.25) is 5.91 Å². The summed E-state index contributed by atoms with van der Waals surface area (Å²) in [5, 5.41) is 0. The van der Waals surface area contributed by atoms with E-state index in [2.05, 4.69) is 26.6 Å². The minimum Gasteiger partial charge on any atom is -0.335 e. The van der Waals surface area contributed by atoms with Crippen molar-refractivity contribution in [2.75, 3.05) is 13.1 Å². The lowest BCUT2D eigenvalue weighted by Crippen LogP contribution is -2.44. The van der Waals surface area contributed by atoms with E-state index < -0.39 is 0 Å². The van der Waals surface area contributed by atoms with Crippen LogP contribution < -0.4 is 0 Å². The van der Waals surface area contributed by atoms with E-state index in [1.54, 1.807) is 12.1 Å². The molecule has 0 bridgehead atoms. The molecule has 2 atom stereocenters. The van der Waals surface area contributed by atoms with Gasteiger partial charge >= 0.3 is 0 Å². The van der Waals surface area contributed by atoms with Crippen LogP contribution in [0.15, 0.2) is 60.9 Å². The van der Waals surface area contributed by atoms with Gasteiger partial charge in [-0.25, -0.2) is 9.37 Å². The van der Waals surface area contributed by atoms with Crippen LogP contribution in [0.3, 0.4) is 0 Å². The Labute approximate surface area is 175 Å². The third-order valence-electron chi connectivity index (χ3n) is 6.45. The molecule has 2 aliphatic heterocycles. The maximum absolute atomic E-state index is 13.2. The average Bonchev–Trinajstić information content (AvgIpc) is 3.37. The number of likely N-dealkylation sites (tertiary alicyclic amines) is 1. The number of aromatic nitrogens is 2. The SMILES string of the molecule is CC(c1ccc(F)cc1)N1CCC(N2CCc3c(ncn3-c3ccccc3)C2)C1=O. The number of carbonyl (C=O) groups excluding carboxylic acids is 1. The largest absolute Gasteiger partial charge is 0.335 e. The van der Waals surface area contributed by atoms with Crippen molar-refractivity contribution >= 4 is 5.91 Å².